The topological polar surface area (TPSA) is 44.2 Å². The van der Waals surface area contributed by atoms with Crippen LogP contribution in [0.5, 0.6) is 10.9 Å². The highest BCUT2D eigenvalue weighted by atomic mass is 32.1. The van der Waals surface area contributed by atoms with Crippen LogP contribution in [0.25, 0.3) is 0 Å². The zero-order valence-electron chi connectivity index (χ0n) is 10.1. The van der Waals surface area contributed by atoms with Gasteiger partial charge in [-0.15, -0.1) is 0 Å². The van der Waals surface area contributed by atoms with E-state index in [0.717, 1.165) is 0 Å². The molecular formula is C11H8F4N2O2S. The molecule has 0 amide bonds. The molecule has 0 unspecified atom stereocenters. The van der Waals surface area contributed by atoms with Crippen LogP contribution in [0, 0.1) is 23.3 Å². The van der Waals surface area contributed by atoms with Crippen molar-refractivity contribution < 1.29 is 27.0 Å². The zero-order chi connectivity index (χ0) is 14.7. The summed E-state index contributed by atoms with van der Waals surface area (Å²) in [6, 6.07) is 0.0989. The lowest BCUT2D eigenvalue weighted by molar-refractivity contribution is 0.200. The minimum Gasteiger partial charge on any atom is -0.423 e. The van der Waals surface area contributed by atoms with E-state index in [4.69, 9.17) is 9.47 Å². The first-order valence-electron chi connectivity index (χ1n) is 5.35. The van der Waals surface area contributed by atoms with Gasteiger partial charge in [0.1, 0.15) is 5.82 Å². The summed E-state index contributed by atoms with van der Waals surface area (Å²) in [5, 5.41) is -0.223. The second-order valence-corrected chi connectivity index (χ2v) is 4.33. The maximum atomic E-state index is 13.4. The number of halogens is 4. The van der Waals surface area contributed by atoms with Crippen LogP contribution in [0.3, 0.4) is 0 Å². The third-order valence-corrected chi connectivity index (χ3v) is 2.87. The summed E-state index contributed by atoms with van der Waals surface area (Å²) in [5.74, 6) is -7.21. The van der Waals surface area contributed by atoms with Crippen molar-refractivity contribution in [2.24, 2.45) is 0 Å². The molecule has 0 saturated carbocycles. The van der Waals surface area contributed by atoms with Crippen molar-refractivity contribution in [3.8, 4) is 10.9 Å². The van der Waals surface area contributed by atoms with Crippen LogP contribution >= 0.6 is 11.5 Å². The predicted molar refractivity (Wildman–Crippen MR) is 61.8 cm³/mol. The van der Waals surface area contributed by atoms with E-state index in [0.29, 0.717) is 30.4 Å². The fourth-order valence-corrected chi connectivity index (χ4v) is 1.88. The Morgan fingerprint density at radius 2 is 1.80 bits per heavy atom. The Bertz CT molecular complexity index is 594. The molecule has 0 radical (unpaired) electrons. The summed E-state index contributed by atoms with van der Waals surface area (Å²) < 4.78 is 66.1. The van der Waals surface area contributed by atoms with Gasteiger partial charge in [0.15, 0.2) is 11.6 Å². The Kier molecular flexibility index (Phi) is 4.50. The maximum absolute atomic E-state index is 13.4. The average molecular weight is 308 g/mol. The van der Waals surface area contributed by atoms with E-state index in [1.54, 1.807) is 0 Å². The summed E-state index contributed by atoms with van der Waals surface area (Å²) in [5.41, 5.74) is 0. The Morgan fingerprint density at radius 3 is 2.40 bits per heavy atom. The number of benzene rings is 1. The Balaban J connectivity index is 2.24. The molecule has 0 spiro atoms. The molecule has 2 rings (SSSR count). The number of aromatic nitrogens is 2. The molecule has 0 aliphatic rings. The highest BCUT2D eigenvalue weighted by Gasteiger charge is 2.22. The van der Waals surface area contributed by atoms with Gasteiger partial charge in [-0.25, -0.2) is 8.78 Å². The van der Waals surface area contributed by atoms with E-state index in [1.807, 2.05) is 0 Å². The molecule has 0 aliphatic carbocycles. The van der Waals surface area contributed by atoms with Crippen LogP contribution in [-0.2, 0) is 11.2 Å². The SMILES string of the molecule is COCCc1nsc(Oc2c(F)c(F)cc(F)c2F)n1. The van der Waals surface area contributed by atoms with Gasteiger partial charge in [0.2, 0.25) is 17.4 Å². The van der Waals surface area contributed by atoms with Crippen LogP contribution in [-0.4, -0.2) is 23.1 Å². The molecule has 4 nitrogen and oxygen atoms in total. The summed E-state index contributed by atoms with van der Waals surface area (Å²) in [7, 11) is 1.49. The minimum atomic E-state index is -1.63. The molecule has 0 N–H and O–H groups in total. The Labute approximate surface area is 115 Å². The van der Waals surface area contributed by atoms with Crippen molar-refractivity contribution in [2.75, 3.05) is 13.7 Å². The van der Waals surface area contributed by atoms with Gasteiger partial charge in [-0.05, 0) is 0 Å². The highest BCUT2D eigenvalue weighted by Crippen LogP contribution is 2.31. The normalized spacial score (nSPS) is 10.8. The summed E-state index contributed by atoms with van der Waals surface area (Å²) in [6.07, 6.45) is 0.374. The lowest BCUT2D eigenvalue weighted by Crippen LogP contribution is -2.00. The largest absolute Gasteiger partial charge is 0.423 e. The van der Waals surface area contributed by atoms with Crippen LogP contribution in [0.2, 0.25) is 0 Å². The number of rotatable bonds is 5. The van der Waals surface area contributed by atoms with E-state index >= 15 is 0 Å². The van der Waals surface area contributed by atoms with E-state index in [2.05, 4.69) is 9.36 Å². The first kappa shape index (κ1) is 14.7. The molecular weight excluding hydrogens is 300 g/mol. The van der Waals surface area contributed by atoms with E-state index in [1.165, 1.54) is 7.11 Å². The maximum Gasteiger partial charge on any atom is 0.298 e. The fraction of sp³-hybridized carbons (Fsp3) is 0.273. The summed E-state index contributed by atoms with van der Waals surface area (Å²) in [4.78, 5) is 3.81. The molecule has 0 saturated heterocycles. The fourth-order valence-electron chi connectivity index (χ4n) is 1.30. The first-order chi connectivity index (χ1) is 9.52. The molecule has 0 atom stereocenters. The van der Waals surface area contributed by atoms with Crippen LogP contribution in [0.15, 0.2) is 6.07 Å². The molecule has 1 aromatic heterocycles. The summed E-state index contributed by atoms with van der Waals surface area (Å²) in [6.45, 7) is 0.355. The molecule has 108 valence electrons. The standard InChI is InChI=1S/C11H8F4N2O2S/c1-18-3-2-7-16-11(20-17-7)19-10-8(14)5(12)4-6(13)9(10)15/h4H,2-3H2,1H3. The van der Waals surface area contributed by atoms with Crippen molar-refractivity contribution in [2.45, 2.75) is 6.42 Å². The van der Waals surface area contributed by atoms with Crippen molar-refractivity contribution >= 4 is 11.5 Å². The molecule has 0 bridgehead atoms. The quantitative estimate of drug-likeness (QED) is 0.629. The number of hydrogen-bond acceptors (Lipinski definition) is 5. The average Bonchev–Trinajstić information content (AvgIpc) is 2.87. The molecule has 20 heavy (non-hydrogen) atoms. The van der Waals surface area contributed by atoms with Crippen molar-refractivity contribution in [1.82, 2.24) is 9.36 Å². The smallest absolute Gasteiger partial charge is 0.298 e. The van der Waals surface area contributed by atoms with Gasteiger partial charge in [0.25, 0.3) is 5.19 Å². The third-order valence-electron chi connectivity index (χ3n) is 2.24. The van der Waals surface area contributed by atoms with Gasteiger partial charge in [-0.1, -0.05) is 0 Å². The minimum absolute atomic E-state index is 0.0989. The van der Waals surface area contributed by atoms with Gasteiger partial charge in [-0.3, -0.25) is 0 Å². The summed E-state index contributed by atoms with van der Waals surface area (Å²) >= 11 is 0.707. The molecule has 0 fully saturated rings. The highest BCUT2D eigenvalue weighted by molar-refractivity contribution is 7.07. The molecule has 9 heteroatoms. The van der Waals surface area contributed by atoms with E-state index < -0.39 is 29.0 Å². The van der Waals surface area contributed by atoms with Crippen LogP contribution in [0.1, 0.15) is 5.82 Å². The molecule has 0 aliphatic heterocycles. The lowest BCUT2D eigenvalue weighted by Gasteiger charge is -2.05. The molecule has 1 heterocycles. The van der Waals surface area contributed by atoms with Gasteiger partial charge in [0.05, 0.1) is 6.61 Å². The zero-order valence-corrected chi connectivity index (χ0v) is 10.9. The number of hydrogen-bond donors (Lipinski definition) is 0. The van der Waals surface area contributed by atoms with Gasteiger partial charge < -0.3 is 9.47 Å². The Morgan fingerprint density at radius 1 is 1.15 bits per heavy atom. The second kappa shape index (κ2) is 6.14. The second-order valence-electron chi connectivity index (χ2n) is 3.62. The van der Waals surface area contributed by atoms with Gasteiger partial charge in [0, 0.05) is 31.1 Å². The Hall–Kier alpha value is -1.74. The van der Waals surface area contributed by atoms with Crippen molar-refractivity contribution in [3.63, 3.8) is 0 Å². The van der Waals surface area contributed by atoms with Gasteiger partial charge in [-0.2, -0.15) is 18.1 Å². The molecule has 2 aromatic rings. The molecule has 1 aromatic carbocycles. The number of nitrogens with zero attached hydrogens (tertiary/aromatic N) is 2. The lowest BCUT2D eigenvalue weighted by atomic mass is 10.3. The van der Waals surface area contributed by atoms with Crippen LogP contribution < -0.4 is 4.74 Å². The van der Waals surface area contributed by atoms with Crippen LogP contribution in [0.4, 0.5) is 17.6 Å². The van der Waals surface area contributed by atoms with E-state index in [-0.39, 0.29) is 11.3 Å². The number of methoxy groups -OCH3 is 1. The van der Waals surface area contributed by atoms with Crippen molar-refractivity contribution in [1.29, 1.82) is 0 Å². The van der Waals surface area contributed by atoms with Gasteiger partial charge >= 0.3 is 0 Å². The van der Waals surface area contributed by atoms with Crippen molar-refractivity contribution in [3.05, 3.63) is 35.2 Å². The first-order valence-corrected chi connectivity index (χ1v) is 6.12. The monoisotopic (exact) mass is 308 g/mol. The van der Waals surface area contributed by atoms with E-state index in [9.17, 15) is 17.6 Å². The third kappa shape index (κ3) is 3.05. The number of ether oxygens (including phenoxy) is 2. The predicted octanol–water partition coefficient (Wildman–Crippen LogP) is 3.08.